The van der Waals surface area contributed by atoms with Gasteiger partial charge in [0, 0.05) is 4.43 Å². The topological polar surface area (TPSA) is 37.4 Å². The second-order valence-electron chi connectivity index (χ2n) is 3.70. The van der Waals surface area contributed by atoms with E-state index in [1.165, 1.54) is 6.26 Å². The van der Waals surface area contributed by atoms with Crippen LogP contribution in [0.3, 0.4) is 0 Å². The van der Waals surface area contributed by atoms with E-state index in [0.29, 0.717) is 0 Å². The number of alkyl halides is 1. The van der Waals surface area contributed by atoms with Gasteiger partial charge in [0.1, 0.15) is 0 Å². The van der Waals surface area contributed by atoms with Gasteiger partial charge in [-0.15, -0.1) is 0 Å². The lowest BCUT2D eigenvalue weighted by atomic mass is 10.1. The zero-order valence-electron chi connectivity index (χ0n) is 8.35. The van der Waals surface area contributed by atoms with Crippen molar-refractivity contribution in [2.24, 2.45) is 0 Å². The largest absolute Gasteiger partial charge is 0.266 e. The molecule has 15 heavy (non-hydrogen) atoms. The van der Waals surface area contributed by atoms with E-state index < -0.39 is 10.0 Å². The maximum atomic E-state index is 11.7. The summed E-state index contributed by atoms with van der Waals surface area (Å²) in [5, 5.41) is 0. The Morgan fingerprint density at radius 2 is 2.13 bits per heavy atom. The van der Waals surface area contributed by atoms with Crippen molar-refractivity contribution >= 4 is 38.3 Å². The molecule has 0 bridgehead atoms. The SMILES string of the molecule is CS(=O)(=O)N1c2ccccc2C[C@H]1CI. The molecule has 3 nitrogen and oxygen atoms in total. The van der Waals surface area contributed by atoms with E-state index in [9.17, 15) is 8.42 Å². The zero-order chi connectivity index (χ0) is 11.1. The van der Waals surface area contributed by atoms with Gasteiger partial charge in [0.2, 0.25) is 10.0 Å². The standard InChI is InChI=1S/C10H12INO2S/c1-15(13,14)12-9(7-11)6-8-4-2-3-5-10(8)12/h2-5,9H,6-7H2,1H3/t9-/m0/s1. The van der Waals surface area contributed by atoms with E-state index in [2.05, 4.69) is 22.6 Å². The molecule has 0 unspecified atom stereocenters. The number of hydrogen-bond acceptors (Lipinski definition) is 2. The van der Waals surface area contributed by atoms with Crippen LogP contribution in [0.5, 0.6) is 0 Å². The lowest BCUT2D eigenvalue weighted by Crippen LogP contribution is -2.37. The minimum atomic E-state index is -3.15. The molecule has 0 fully saturated rings. The van der Waals surface area contributed by atoms with Crippen LogP contribution in [0.2, 0.25) is 0 Å². The third-order valence-electron chi connectivity index (χ3n) is 2.55. The molecule has 1 aromatic rings. The summed E-state index contributed by atoms with van der Waals surface area (Å²) in [4.78, 5) is 0. The first kappa shape index (κ1) is 11.2. The number of benzene rings is 1. The monoisotopic (exact) mass is 337 g/mol. The first-order chi connectivity index (χ1) is 7.04. The second kappa shape index (κ2) is 3.93. The summed E-state index contributed by atoms with van der Waals surface area (Å²) in [6.45, 7) is 0. The Morgan fingerprint density at radius 1 is 1.47 bits per heavy atom. The average molecular weight is 337 g/mol. The molecule has 0 spiro atoms. The van der Waals surface area contributed by atoms with Crippen molar-refractivity contribution in [2.75, 3.05) is 15.0 Å². The van der Waals surface area contributed by atoms with E-state index in [0.717, 1.165) is 22.1 Å². The number of rotatable bonds is 2. The highest BCUT2D eigenvalue weighted by molar-refractivity contribution is 14.1. The van der Waals surface area contributed by atoms with E-state index in [4.69, 9.17) is 0 Å². The Balaban J connectivity index is 2.52. The Morgan fingerprint density at radius 3 is 2.73 bits per heavy atom. The van der Waals surface area contributed by atoms with E-state index >= 15 is 0 Å². The van der Waals surface area contributed by atoms with Gasteiger partial charge in [-0.25, -0.2) is 8.42 Å². The van der Waals surface area contributed by atoms with Crippen molar-refractivity contribution in [1.82, 2.24) is 0 Å². The van der Waals surface area contributed by atoms with Crippen LogP contribution in [0.4, 0.5) is 5.69 Å². The van der Waals surface area contributed by atoms with Gasteiger partial charge < -0.3 is 0 Å². The van der Waals surface area contributed by atoms with Gasteiger partial charge in [0.05, 0.1) is 18.0 Å². The molecule has 2 rings (SSSR count). The maximum Gasteiger partial charge on any atom is 0.232 e. The molecule has 1 aliphatic rings. The third-order valence-corrected chi connectivity index (χ3v) is 4.78. The summed E-state index contributed by atoms with van der Waals surface area (Å²) in [7, 11) is -3.15. The number of sulfonamides is 1. The van der Waals surface area contributed by atoms with Crippen molar-refractivity contribution in [3.8, 4) is 0 Å². The van der Waals surface area contributed by atoms with Gasteiger partial charge in [0.15, 0.2) is 0 Å². The number of hydrogen-bond donors (Lipinski definition) is 0. The van der Waals surface area contributed by atoms with Gasteiger partial charge in [-0.2, -0.15) is 0 Å². The summed E-state index contributed by atoms with van der Waals surface area (Å²) in [5.74, 6) is 0. The molecule has 0 saturated carbocycles. The highest BCUT2D eigenvalue weighted by Gasteiger charge is 2.33. The van der Waals surface area contributed by atoms with Crippen LogP contribution in [0, 0.1) is 0 Å². The average Bonchev–Trinajstić information content (AvgIpc) is 2.54. The van der Waals surface area contributed by atoms with Crippen molar-refractivity contribution in [3.63, 3.8) is 0 Å². The highest BCUT2D eigenvalue weighted by atomic mass is 127. The summed E-state index contributed by atoms with van der Waals surface area (Å²) in [6.07, 6.45) is 2.10. The fraction of sp³-hybridized carbons (Fsp3) is 0.400. The van der Waals surface area contributed by atoms with Crippen LogP contribution < -0.4 is 4.31 Å². The normalized spacial score (nSPS) is 20.4. The number of anilines is 1. The molecule has 82 valence electrons. The number of fused-ring (bicyclic) bond motifs is 1. The molecule has 1 atom stereocenters. The molecule has 1 heterocycles. The number of nitrogens with zero attached hydrogens (tertiary/aromatic N) is 1. The quantitative estimate of drug-likeness (QED) is 0.610. The minimum Gasteiger partial charge on any atom is -0.266 e. The molecule has 5 heteroatoms. The Hall–Kier alpha value is -0.300. The summed E-state index contributed by atoms with van der Waals surface area (Å²) in [6, 6.07) is 7.79. The smallest absolute Gasteiger partial charge is 0.232 e. The fourth-order valence-electron chi connectivity index (χ4n) is 2.00. The molecule has 1 aliphatic heterocycles. The third kappa shape index (κ3) is 1.99. The van der Waals surface area contributed by atoms with Crippen molar-refractivity contribution < 1.29 is 8.42 Å². The first-order valence-corrected chi connectivity index (χ1v) is 8.04. The predicted molar refractivity (Wildman–Crippen MR) is 70.1 cm³/mol. The Kier molecular flexibility index (Phi) is 2.94. The maximum absolute atomic E-state index is 11.7. The van der Waals surface area contributed by atoms with Crippen LogP contribution in [0.15, 0.2) is 24.3 Å². The second-order valence-corrected chi connectivity index (χ2v) is 6.44. The van der Waals surface area contributed by atoms with Crippen LogP contribution >= 0.6 is 22.6 Å². The van der Waals surface area contributed by atoms with Crippen molar-refractivity contribution in [1.29, 1.82) is 0 Å². The van der Waals surface area contributed by atoms with E-state index in [1.54, 1.807) is 4.31 Å². The molecule has 0 amide bonds. The van der Waals surface area contributed by atoms with Crippen LogP contribution in [-0.2, 0) is 16.4 Å². The lowest BCUT2D eigenvalue weighted by Gasteiger charge is -2.23. The summed E-state index contributed by atoms with van der Waals surface area (Å²) < 4.78 is 25.7. The van der Waals surface area contributed by atoms with Crippen molar-refractivity contribution in [3.05, 3.63) is 29.8 Å². The van der Waals surface area contributed by atoms with Crippen molar-refractivity contribution in [2.45, 2.75) is 12.5 Å². The fourth-order valence-corrected chi connectivity index (χ4v) is 4.20. The molecular weight excluding hydrogens is 325 g/mol. The van der Waals surface area contributed by atoms with Gasteiger partial charge in [-0.3, -0.25) is 4.31 Å². The molecule has 0 radical (unpaired) electrons. The van der Waals surface area contributed by atoms with Gasteiger partial charge in [-0.1, -0.05) is 40.8 Å². The molecular formula is C10H12INO2S. The molecule has 0 aliphatic carbocycles. The first-order valence-electron chi connectivity index (χ1n) is 4.67. The minimum absolute atomic E-state index is 0.0815. The summed E-state index contributed by atoms with van der Waals surface area (Å²) in [5.41, 5.74) is 1.98. The van der Waals surface area contributed by atoms with Crippen LogP contribution in [-0.4, -0.2) is 25.1 Å². The van der Waals surface area contributed by atoms with E-state index in [-0.39, 0.29) is 6.04 Å². The van der Waals surface area contributed by atoms with Crippen LogP contribution in [0.25, 0.3) is 0 Å². The zero-order valence-corrected chi connectivity index (χ0v) is 11.3. The Bertz CT molecular complexity index is 472. The van der Waals surface area contributed by atoms with Gasteiger partial charge in [-0.05, 0) is 18.1 Å². The summed E-state index contributed by atoms with van der Waals surface area (Å²) >= 11 is 2.24. The Labute approximate surface area is 104 Å². The van der Waals surface area contributed by atoms with Gasteiger partial charge >= 0.3 is 0 Å². The highest BCUT2D eigenvalue weighted by Crippen LogP contribution is 2.34. The molecule has 1 aromatic carbocycles. The number of para-hydroxylation sites is 1. The molecule has 0 saturated heterocycles. The van der Waals surface area contributed by atoms with Crippen LogP contribution in [0.1, 0.15) is 5.56 Å². The lowest BCUT2D eigenvalue weighted by molar-refractivity contribution is 0.591. The molecule has 0 aromatic heterocycles. The number of halogens is 1. The predicted octanol–water partition coefficient (Wildman–Crippen LogP) is 1.81. The molecule has 0 N–H and O–H groups in total. The van der Waals surface area contributed by atoms with Gasteiger partial charge in [0.25, 0.3) is 0 Å². The van der Waals surface area contributed by atoms with E-state index in [1.807, 2.05) is 24.3 Å².